The molecule has 0 fully saturated rings. The molecule has 0 aliphatic heterocycles. The Balaban J connectivity index is 2.51. The van der Waals surface area contributed by atoms with E-state index in [9.17, 15) is 0 Å². The Hall–Kier alpha value is -2.00. The van der Waals surface area contributed by atoms with Gasteiger partial charge in [0.05, 0.1) is 12.1 Å². The maximum absolute atomic E-state index is 8.16. The minimum Gasteiger partial charge on any atom is -0.281 e. The van der Waals surface area contributed by atoms with Crippen LogP contribution in [0, 0.1) is 0 Å². The maximum atomic E-state index is 8.16. The molecule has 1 N–H and O–H groups in total. The molecule has 0 saturated heterocycles. The second-order valence-corrected chi connectivity index (χ2v) is 2.61. The predicted octanol–water partition coefficient (Wildman–Crippen LogP) is 2.37. The van der Waals surface area contributed by atoms with Gasteiger partial charge in [0, 0.05) is 16.0 Å². The van der Waals surface area contributed by atoms with Crippen LogP contribution >= 0.6 is 0 Å². The van der Waals surface area contributed by atoms with Crippen LogP contribution < -0.4 is 0 Å². The Morgan fingerprint density at radius 1 is 1.46 bits per heavy atom. The Labute approximate surface area is 74.0 Å². The molecule has 2 rings (SSSR count). The van der Waals surface area contributed by atoms with Crippen molar-refractivity contribution in [2.24, 2.45) is 5.11 Å². The fourth-order valence-corrected chi connectivity index (χ4v) is 1.24. The van der Waals surface area contributed by atoms with Gasteiger partial charge in [0.1, 0.15) is 0 Å². The lowest BCUT2D eigenvalue weighted by atomic mass is 10.2. The van der Waals surface area contributed by atoms with Crippen molar-refractivity contribution in [2.45, 2.75) is 6.54 Å². The van der Waals surface area contributed by atoms with Gasteiger partial charge >= 0.3 is 0 Å². The van der Waals surface area contributed by atoms with Crippen LogP contribution in [-0.4, -0.2) is 10.2 Å². The van der Waals surface area contributed by atoms with Crippen LogP contribution in [0.3, 0.4) is 0 Å². The molecule has 1 heterocycles. The van der Waals surface area contributed by atoms with Gasteiger partial charge in [-0.2, -0.15) is 5.10 Å². The zero-order chi connectivity index (χ0) is 9.10. The molecule has 5 nitrogen and oxygen atoms in total. The van der Waals surface area contributed by atoms with Crippen molar-refractivity contribution in [2.75, 3.05) is 0 Å². The number of hydrogen-bond acceptors (Lipinski definition) is 2. The van der Waals surface area contributed by atoms with E-state index < -0.39 is 0 Å². The van der Waals surface area contributed by atoms with Crippen LogP contribution in [0.5, 0.6) is 0 Å². The fraction of sp³-hybridized carbons (Fsp3) is 0.125. The summed E-state index contributed by atoms with van der Waals surface area (Å²) in [5.74, 6) is 0. The molecule has 5 heteroatoms. The first-order valence-corrected chi connectivity index (χ1v) is 3.84. The maximum Gasteiger partial charge on any atom is 0.0923 e. The number of hydrogen-bond donors (Lipinski definition) is 1. The Bertz CT molecular complexity index is 466. The van der Waals surface area contributed by atoms with E-state index in [4.69, 9.17) is 5.53 Å². The summed E-state index contributed by atoms with van der Waals surface area (Å²) >= 11 is 0. The lowest BCUT2D eigenvalue weighted by Crippen LogP contribution is -1.79. The molecular formula is C8H7N5. The zero-order valence-corrected chi connectivity index (χ0v) is 6.81. The molecule has 0 bridgehead atoms. The lowest BCUT2D eigenvalue weighted by Gasteiger charge is -1.89. The van der Waals surface area contributed by atoms with Crippen molar-refractivity contribution in [1.82, 2.24) is 10.2 Å². The molecule has 0 atom stereocenters. The van der Waals surface area contributed by atoms with Gasteiger partial charge in [-0.1, -0.05) is 23.3 Å². The van der Waals surface area contributed by atoms with Gasteiger partial charge in [0.15, 0.2) is 0 Å². The smallest absolute Gasteiger partial charge is 0.0923 e. The molecule has 0 aliphatic rings. The van der Waals surface area contributed by atoms with Crippen molar-refractivity contribution < 1.29 is 0 Å². The largest absolute Gasteiger partial charge is 0.281 e. The topological polar surface area (TPSA) is 77.4 Å². The van der Waals surface area contributed by atoms with Gasteiger partial charge in [-0.3, -0.25) is 5.10 Å². The van der Waals surface area contributed by atoms with Crippen LogP contribution in [0.1, 0.15) is 5.69 Å². The van der Waals surface area contributed by atoms with E-state index in [1.807, 2.05) is 24.3 Å². The molecule has 0 spiro atoms. The molecule has 0 saturated carbocycles. The number of para-hydroxylation sites is 1. The van der Waals surface area contributed by atoms with Crippen molar-refractivity contribution in [3.05, 3.63) is 40.4 Å². The molecule has 1 aromatic carbocycles. The molecule has 0 amide bonds. The predicted molar refractivity (Wildman–Crippen MR) is 48.9 cm³/mol. The summed E-state index contributed by atoms with van der Waals surface area (Å²) in [6.07, 6.45) is 0. The molecule has 0 unspecified atom stereocenters. The third kappa shape index (κ3) is 1.32. The minimum atomic E-state index is 0.316. The second-order valence-electron chi connectivity index (χ2n) is 2.61. The minimum absolute atomic E-state index is 0.316. The molecule has 64 valence electrons. The van der Waals surface area contributed by atoms with Gasteiger partial charge in [-0.05, 0) is 11.6 Å². The number of rotatable bonds is 2. The first kappa shape index (κ1) is 7.64. The average molecular weight is 173 g/mol. The number of azide groups is 1. The standard InChI is InChI=1S/C8H7N5/c9-13-10-5-8-6-3-1-2-4-7(6)11-12-8/h1-4H,5H2,(H,11,12). The van der Waals surface area contributed by atoms with Crippen LogP contribution in [0.4, 0.5) is 0 Å². The first-order chi connectivity index (χ1) is 6.42. The molecule has 2 aromatic rings. The fourth-order valence-electron chi connectivity index (χ4n) is 1.24. The summed E-state index contributed by atoms with van der Waals surface area (Å²) in [6.45, 7) is 0.316. The molecule has 0 aliphatic carbocycles. The number of H-pyrrole nitrogens is 1. The van der Waals surface area contributed by atoms with E-state index in [0.29, 0.717) is 6.54 Å². The van der Waals surface area contributed by atoms with Crippen LogP contribution in [0.25, 0.3) is 21.3 Å². The van der Waals surface area contributed by atoms with E-state index in [2.05, 4.69) is 20.2 Å². The number of aromatic nitrogens is 2. The summed E-state index contributed by atoms with van der Waals surface area (Å²) in [6, 6.07) is 7.70. The Morgan fingerprint density at radius 2 is 2.31 bits per heavy atom. The van der Waals surface area contributed by atoms with E-state index in [1.54, 1.807) is 0 Å². The third-order valence-corrected chi connectivity index (χ3v) is 1.83. The van der Waals surface area contributed by atoms with Crippen molar-refractivity contribution in [3.63, 3.8) is 0 Å². The summed E-state index contributed by atoms with van der Waals surface area (Å²) in [4.78, 5) is 2.69. The summed E-state index contributed by atoms with van der Waals surface area (Å²) in [5.41, 5.74) is 9.91. The molecular weight excluding hydrogens is 166 g/mol. The normalized spacial score (nSPS) is 9.85. The van der Waals surface area contributed by atoms with Crippen LogP contribution in [0.15, 0.2) is 29.4 Å². The summed E-state index contributed by atoms with van der Waals surface area (Å²) in [5, 5.41) is 11.4. The molecule has 13 heavy (non-hydrogen) atoms. The van der Waals surface area contributed by atoms with Crippen LogP contribution in [0.2, 0.25) is 0 Å². The zero-order valence-electron chi connectivity index (χ0n) is 6.81. The second kappa shape index (κ2) is 3.16. The SMILES string of the molecule is [N-]=[N+]=NCc1[nH]nc2ccccc12. The molecule has 0 radical (unpaired) electrons. The van der Waals surface area contributed by atoms with Gasteiger partial charge < -0.3 is 0 Å². The van der Waals surface area contributed by atoms with Gasteiger partial charge in [0.25, 0.3) is 0 Å². The highest BCUT2D eigenvalue weighted by atomic mass is 15.2. The summed E-state index contributed by atoms with van der Waals surface area (Å²) < 4.78 is 0. The van der Waals surface area contributed by atoms with Crippen LogP contribution in [-0.2, 0) is 6.54 Å². The Morgan fingerprint density at radius 3 is 3.15 bits per heavy atom. The van der Waals surface area contributed by atoms with Crippen molar-refractivity contribution in [3.8, 4) is 0 Å². The van der Waals surface area contributed by atoms with Gasteiger partial charge in [-0.25, -0.2) is 0 Å². The van der Waals surface area contributed by atoms with E-state index in [1.165, 1.54) is 0 Å². The van der Waals surface area contributed by atoms with E-state index in [-0.39, 0.29) is 0 Å². The van der Waals surface area contributed by atoms with Crippen molar-refractivity contribution in [1.29, 1.82) is 0 Å². The van der Waals surface area contributed by atoms with Gasteiger partial charge in [-0.15, -0.1) is 0 Å². The highest BCUT2D eigenvalue weighted by molar-refractivity contribution is 5.81. The van der Waals surface area contributed by atoms with Gasteiger partial charge in [0.2, 0.25) is 0 Å². The van der Waals surface area contributed by atoms with Crippen molar-refractivity contribution >= 4 is 10.9 Å². The highest BCUT2D eigenvalue weighted by Gasteiger charge is 2.01. The Kier molecular flexibility index (Phi) is 1.86. The average Bonchev–Trinajstić information content (AvgIpc) is 2.58. The number of nitrogens with zero attached hydrogens (tertiary/aromatic N) is 4. The molecule has 1 aromatic heterocycles. The third-order valence-electron chi connectivity index (χ3n) is 1.83. The highest BCUT2D eigenvalue weighted by Crippen LogP contribution is 2.15. The monoisotopic (exact) mass is 173 g/mol. The number of nitrogens with one attached hydrogen (secondary N) is 1. The summed E-state index contributed by atoms with van der Waals surface area (Å²) in [7, 11) is 0. The van der Waals surface area contributed by atoms with E-state index in [0.717, 1.165) is 16.6 Å². The van der Waals surface area contributed by atoms with E-state index >= 15 is 0 Å². The lowest BCUT2D eigenvalue weighted by molar-refractivity contribution is 0.949. The first-order valence-electron chi connectivity index (χ1n) is 3.84. The number of fused-ring (bicyclic) bond motifs is 1. The quantitative estimate of drug-likeness (QED) is 0.422. The number of benzene rings is 1. The number of aromatic amines is 1.